The van der Waals surface area contributed by atoms with E-state index in [0.717, 1.165) is 35.2 Å². The first-order valence-electron chi connectivity index (χ1n) is 9.86. The van der Waals surface area contributed by atoms with Crippen LogP contribution < -0.4 is 10.2 Å². The number of H-pyrrole nitrogens is 1. The number of nitrogens with zero attached hydrogens (tertiary/aromatic N) is 4. The number of rotatable bonds is 7. The third-order valence-electron chi connectivity index (χ3n) is 5.04. The largest absolute Gasteiger partial charge is 0.357 e. The Hall–Kier alpha value is -2.52. The van der Waals surface area contributed by atoms with Crippen molar-refractivity contribution in [2.75, 3.05) is 18.0 Å². The molecule has 0 aromatic carbocycles. The normalized spacial score (nSPS) is 14.1. The molecule has 1 saturated heterocycles. The van der Waals surface area contributed by atoms with Gasteiger partial charge in [-0.1, -0.05) is 12.1 Å². The zero-order chi connectivity index (χ0) is 20.1. The van der Waals surface area contributed by atoms with Crippen LogP contribution in [0.2, 0.25) is 0 Å². The quantitative estimate of drug-likeness (QED) is 0.560. The highest BCUT2D eigenvalue weighted by molar-refractivity contribution is 7.71. The average molecular weight is 429 g/mol. The maximum Gasteiger partial charge on any atom is 0.222 e. The second kappa shape index (κ2) is 9.32. The standard InChI is InChI=1S/C20H24N6OS2/c27-18(8-11-26-19(23-24-20(26)28)16-5-4-12-29-16)22-14-15-6-7-17(21-13-15)25-9-2-1-3-10-25/h4-7,12-13H,1-3,8-11,14H2,(H,22,27)(H,24,28). The van der Waals surface area contributed by atoms with E-state index in [0.29, 0.717) is 24.3 Å². The smallest absolute Gasteiger partial charge is 0.222 e. The van der Waals surface area contributed by atoms with Gasteiger partial charge in [-0.25, -0.2) is 4.98 Å². The van der Waals surface area contributed by atoms with Gasteiger partial charge in [0, 0.05) is 38.8 Å². The third kappa shape index (κ3) is 4.91. The highest BCUT2D eigenvalue weighted by Crippen LogP contribution is 2.23. The van der Waals surface area contributed by atoms with E-state index in [1.807, 2.05) is 40.4 Å². The van der Waals surface area contributed by atoms with E-state index >= 15 is 0 Å². The summed E-state index contributed by atoms with van der Waals surface area (Å²) in [4.78, 5) is 20.2. The van der Waals surface area contributed by atoms with Gasteiger partial charge in [-0.2, -0.15) is 5.10 Å². The molecule has 3 aromatic heterocycles. The lowest BCUT2D eigenvalue weighted by atomic mass is 10.1. The molecule has 152 valence electrons. The highest BCUT2D eigenvalue weighted by atomic mass is 32.1. The van der Waals surface area contributed by atoms with Crippen LogP contribution >= 0.6 is 23.6 Å². The number of pyridine rings is 1. The molecule has 0 bridgehead atoms. The summed E-state index contributed by atoms with van der Waals surface area (Å²) in [6, 6.07) is 8.05. The van der Waals surface area contributed by atoms with Crippen LogP contribution in [0.4, 0.5) is 5.82 Å². The van der Waals surface area contributed by atoms with Gasteiger partial charge in [-0.3, -0.25) is 14.5 Å². The van der Waals surface area contributed by atoms with Crippen LogP contribution in [0.15, 0.2) is 35.8 Å². The van der Waals surface area contributed by atoms with Crippen molar-refractivity contribution in [3.63, 3.8) is 0 Å². The molecule has 0 unspecified atom stereocenters. The highest BCUT2D eigenvalue weighted by Gasteiger charge is 2.13. The van der Waals surface area contributed by atoms with Crippen molar-refractivity contribution in [1.82, 2.24) is 25.1 Å². The monoisotopic (exact) mass is 428 g/mol. The fraction of sp³-hybridized carbons (Fsp3) is 0.400. The molecule has 3 aromatic rings. The first-order chi connectivity index (χ1) is 14.2. The van der Waals surface area contributed by atoms with Crippen LogP contribution in [0, 0.1) is 4.77 Å². The SMILES string of the molecule is O=C(CCn1c(-c2cccs2)n[nH]c1=S)NCc1ccc(N2CCCCC2)nc1. The fourth-order valence-electron chi connectivity index (χ4n) is 3.45. The van der Waals surface area contributed by atoms with Gasteiger partial charge in [-0.05, 0) is 54.6 Å². The van der Waals surface area contributed by atoms with Gasteiger partial charge in [0.05, 0.1) is 4.88 Å². The first-order valence-corrected chi connectivity index (χ1v) is 11.1. The number of piperidine rings is 1. The molecule has 1 aliphatic rings. The van der Waals surface area contributed by atoms with Crippen LogP contribution in [-0.4, -0.2) is 38.7 Å². The lowest BCUT2D eigenvalue weighted by molar-refractivity contribution is -0.121. The van der Waals surface area contributed by atoms with Crippen molar-refractivity contribution in [3.05, 3.63) is 46.2 Å². The Morgan fingerprint density at radius 2 is 2.10 bits per heavy atom. The number of thiophene rings is 1. The summed E-state index contributed by atoms with van der Waals surface area (Å²) in [6.45, 7) is 3.11. The minimum Gasteiger partial charge on any atom is -0.357 e. The lowest BCUT2D eigenvalue weighted by Crippen LogP contribution is -2.30. The van der Waals surface area contributed by atoms with Crippen molar-refractivity contribution >= 4 is 35.3 Å². The molecule has 9 heteroatoms. The molecule has 0 spiro atoms. The molecular weight excluding hydrogens is 404 g/mol. The summed E-state index contributed by atoms with van der Waals surface area (Å²) < 4.78 is 2.40. The van der Waals surface area contributed by atoms with Gasteiger partial charge in [0.15, 0.2) is 10.6 Å². The van der Waals surface area contributed by atoms with Crippen LogP contribution in [0.25, 0.3) is 10.7 Å². The van der Waals surface area contributed by atoms with Crippen LogP contribution in [0.1, 0.15) is 31.2 Å². The summed E-state index contributed by atoms with van der Waals surface area (Å²) in [5.74, 6) is 1.77. The Labute approximate surface area is 178 Å². The molecule has 4 rings (SSSR count). The summed E-state index contributed by atoms with van der Waals surface area (Å²) in [5.41, 5.74) is 0.998. The zero-order valence-corrected chi connectivity index (χ0v) is 17.8. The number of hydrogen-bond donors (Lipinski definition) is 2. The van der Waals surface area contributed by atoms with Gasteiger partial charge in [-0.15, -0.1) is 11.3 Å². The second-order valence-corrected chi connectivity index (χ2v) is 8.41. The predicted molar refractivity (Wildman–Crippen MR) is 117 cm³/mol. The Kier molecular flexibility index (Phi) is 6.36. The van der Waals surface area contributed by atoms with E-state index in [2.05, 4.69) is 25.4 Å². The van der Waals surface area contributed by atoms with Gasteiger partial charge in [0.25, 0.3) is 0 Å². The molecule has 29 heavy (non-hydrogen) atoms. The number of aromatic nitrogens is 4. The molecular formula is C20H24N6OS2. The molecule has 4 heterocycles. The molecule has 0 radical (unpaired) electrons. The second-order valence-electron chi connectivity index (χ2n) is 7.08. The van der Waals surface area contributed by atoms with Gasteiger partial charge in [0.2, 0.25) is 5.91 Å². The number of carbonyl (C=O) groups excluding carboxylic acids is 1. The topological polar surface area (TPSA) is 78.8 Å². The van der Waals surface area contributed by atoms with E-state index in [9.17, 15) is 4.79 Å². The molecule has 1 amide bonds. The molecule has 7 nitrogen and oxygen atoms in total. The number of anilines is 1. The summed E-state index contributed by atoms with van der Waals surface area (Å²) in [6.07, 6.45) is 5.96. The molecule has 1 fully saturated rings. The third-order valence-corrected chi connectivity index (χ3v) is 6.22. The van der Waals surface area contributed by atoms with E-state index in [1.165, 1.54) is 19.3 Å². The number of amides is 1. The summed E-state index contributed by atoms with van der Waals surface area (Å²) >= 11 is 6.91. The Bertz CT molecular complexity index is 987. The minimum absolute atomic E-state index is 0.0228. The van der Waals surface area contributed by atoms with Crippen LogP contribution in [0.5, 0.6) is 0 Å². The van der Waals surface area contributed by atoms with Gasteiger partial charge in [0.1, 0.15) is 5.82 Å². The summed E-state index contributed by atoms with van der Waals surface area (Å²) in [5, 5.41) is 12.1. The first kappa shape index (κ1) is 19.8. The minimum atomic E-state index is -0.0228. The number of aromatic amines is 1. The Morgan fingerprint density at radius 1 is 1.24 bits per heavy atom. The maximum absolute atomic E-state index is 12.3. The molecule has 0 saturated carbocycles. The van der Waals surface area contributed by atoms with Crippen molar-refractivity contribution in [3.8, 4) is 10.7 Å². The van der Waals surface area contributed by atoms with Gasteiger partial charge >= 0.3 is 0 Å². The van der Waals surface area contributed by atoms with Crippen molar-refractivity contribution in [2.24, 2.45) is 0 Å². The predicted octanol–water partition coefficient (Wildman–Crippen LogP) is 3.76. The van der Waals surface area contributed by atoms with E-state index in [-0.39, 0.29) is 5.91 Å². The lowest BCUT2D eigenvalue weighted by Gasteiger charge is -2.27. The molecule has 0 aliphatic carbocycles. The molecule has 2 N–H and O–H groups in total. The Morgan fingerprint density at radius 3 is 2.83 bits per heavy atom. The van der Waals surface area contributed by atoms with Gasteiger partial charge < -0.3 is 10.2 Å². The maximum atomic E-state index is 12.3. The van der Waals surface area contributed by atoms with E-state index in [1.54, 1.807) is 11.3 Å². The number of carbonyl (C=O) groups is 1. The van der Waals surface area contributed by atoms with Crippen LogP contribution in [0.3, 0.4) is 0 Å². The molecule has 0 atom stereocenters. The van der Waals surface area contributed by atoms with Crippen molar-refractivity contribution in [1.29, 1.82) is 0 Å². The number of hydrogen-bond acceptors (Lipinski definition) is 6. The molecule has 1 aliphatic heterocycles. The zero-order valence-electron chi connectivity index (χ0n) is 16.1. The van der Waals surface area contributed by atoms with E-state index < -0.39 is 0 Å². The van der Waals surface area contributed by atoms with Crippen molar-refractivity contribution < 1.29 is 4.79 Å². The fourth-order valence-corrected chi connectivity index (χ4v) is 4.40. The van der Waals surface area contributed by atoms with E-state index in [4.69, 9.17) is 12.2 Å². The van der Waals surface area contributed by atoms with Crippen molar-refractivity contribution in [2.45, 2.75) is 38.8 Å². The Balaban J connectivity index is 1.29. The average Bonchev–Trinajstić information content (AvgIpc) is 3.41. The summed E-state index contributed by atoms with van der Waals surface area (Å²) in [7, 11) is 0. The number of nitrogens with one attached hydrogen (secondary N) is 2. The van der Waals surface area contributed by atoms with Crippen LogP contribution in [-0.2, 0) is 17.9 Å².